The lowest BCUT2D eigenvalue weighted by atomic mass is 9.93. The first-order chi connectivity index (χ1) is 11.6. The van der Waals surface area contributed by atoms with E-state index in [1.54, 1.807) is 4.90 Å². The first kappa shape index (κ1) is 17.2. The molecule has 3 rings (SSSR count). The number of nitrogens with zero attached hydrogens (tertiary/aromatic N) is 2. The van der Waals surface area contributed by atoms with E-state index >= 15 is 0 Å². The van der Waals surface area contributed by atoms with Crippen molar-refractivity contribution < 1.29 is 13.9 Å². The number of benzene rings is 1. The van der Waals surface area contributed by atoms with E-state index < -0.39 is 5.67 Å². The lowest BCUT2D eigenvalue weighted by molar-refractivity contribution is 0.0305. The van der Waals surface area contributed by atoms with Crippen molar-refractivity contribution in [3.05, 3.63) is 35.9 Å². The summed E-state index contributed by atoms with van der Waals surface area (Å²) in [5, 5.41) is 3.20. The minimum absolute atomic E-state index is 0.282. The average Bonchev–Trinajstić information content (AvgIpc) is 2.61. The van der Waals surface area contributed by atoms with Crippen LogP contribution in [-0.2, 0) is 11.3 Å². The Hall–Kier alpha value is -1.66. The fraction of sp³-hybridized carbons (Fsp3) is 0.611. The summed E-state index contributed by atoms with van der Waals surface area (Å²) in [7, 11) is 0. The van der Waals surface area contributed by atoms with Crippen LogP contribution in [0.3, 0.4) is 0 Å². The number of hydrogen-bond acceptors (Lipinski definition) is 4. The Kier molecular flexibility index (Phi) is 5.68. The molecule has 1 aromatic carbocycles. The van der Waals surface area contributed by atoms with Crippen LogP contribution < -0.4 is 5.32 Å². The third-order valence-electron chi connectivity index (χ3n) is 4.84. The Morgan fingerprint density at radius 1 is 1.12 bits per heavy atom. The first-order valence-electron chi connectivity index (χ1n) is 8.72. The highest BCUT2D eigenvalue weighted by Gasteiger charge is 2.35. The quantitative estimate of drug-likeness (QED) is 0.914. The van der Waals surface area contributed by atoms with Gasteiger partial charge < -0.3 is 15.0 Å². The Morgan fingerprint density at radius 3 is 2.46 bits per heavy atom. The van der Waals surface area contributed by atoms with Gasteiger partial charge in [0.2, 0.25) is 0 Å². The van der Waals surface area contributed by atoms with Gasteiger partial charge in [-0.05, 0) is 31.5 Å². The number of rotatable bonds is 4. The van der Waals surface area contributed by atoms with E-state index in [0.29, 0.717) is 52.2 Å². The van der Waals surface area contributed by atoms with Crippen LogP contribution in [0.25, 0.3) is 0 Å². The third kappa shape index (κ3) is 4.68. The number of carbonyl (C=O) groups is 1. The topological polar surface area (TPSA) is 44.8 Å². The molecule has 0 spiro atoms. The number of amides is 1. The van der Waals surface area contributed by atoms with Crippen LogP contribution in [0.4, 0.5) is 9.18 Å². The number of hydrogen-bond donors (Lipinski definition) is 1. The lowest BCUT2D eigenvalue weighted by Crippen LogP contribution is -2.54. The molecule has 2 aliphatic heterocycles. The molecule has 132 valence electrons. The second-order valence-electron chi connectivity index (χ2n) is 6.70. The molecule has 1 N–H and O–H groups in total. The molecule has 1 amide bonds. The maximum Gasteiger partial charge on any atom is 0.410 e. The fourth-order valence-electron chi connectivity index (χ4n) is 3.33. The van der Waals surface area contributed by atoms with Crippen molar-refractivity contribution in [3.8, 4) is 0 Å². The molecule has 1 aromatic rings. The Bertz CT molecular complexity index is 526. The SMILES string of the molecule is O=C(OCc1ccccc1)N1CCN(CC2(F)CCNCC2)CC1. The number of nitrogens with one attached hydrogen (secondary N) is 1. The van der Waals surface area contributed by atoms with Crippen LogP contribution in [-0.4, -0.2) is 67.4 Å². The summed E-state index contributed by atoms with van der Waals surface area (Å²) in [6.45, 7) is 4.88. The molecule has 5 nitrogen and oxygen atoms in total. The molecule has 0 radical (unpaired) electrons. The molecule has 0 aliphatic carbocycles. The van der Waals surface area contributed by atoms with Gasteiger partial charge in [-0.2, -0.15) is 0 Å². The van der Waals surface area contributed by atoms with Crippen molar-refractivity contribution >= 4 is 6.09 Å². The largest absolute Gasteiger partial charge is 0.445 e. The first-order valence-corrected chi connectivity index (χ1v) is 8.72. The van der Waals surface area contributed by atoms with E-state index in [0.717, 1.165) is 18.7 Å². The highest BCUT2D eigenvalue weighted by Crippen LogP contribution is 2.25. The summed E-state index contributed by atoms with van der Waals surface area (Å²) in [5.41, 5.74) is -0.101. The molecule has 0 unspecified atom stereocenters. The summed E-state index contributed by atoms with van der Waals surface area (Å²) < 4.78 is 20.1. The standard InChI is InChI=1S/C18H26FN3O2/c19-18(6-8-20-9-7-18)15-21-10-12-22(13-11-21)17(23)24-14-16-4-2-1-3-5-16/h1-5,20H,6-15H2. The molecule has 2 saturated heterocycles. The molecule has 0 saturated carbocycles. The minimum atomic E-state index is -1.08. The summed E-state index contributed by atoms with van der Waals surface area (Å²) in [5.74, 6) is 0. The third-order valence-corrected chi connectivity index (χ3v) is 4.84. The van der Waals surface area contributed by atoms with E-state index in [1.165, 1.54) is 0 Å². The van der Waals surface area contributed by atoms with E-state index in [9.17, 15) is 9.18 Å². The second-order valence-corrected chi connectivity index (χ2v) is 6.70. The van der Waals surface area contributed by atoms with Gasteiger partial charge in [0.25, 0.3) is 0 Å². The zero-order valence-electron chi connectivity index (χ0n) is 14.0. The van der Waals surface area contributed by atoms with E-state index in [1.807, 2.05) is 30.3 Å². The average molecular weight is 335 g/mol. The van der Waals surface area contributed by atoms with Crippen molar-refractivity contribution in [1.29, 1.82) is 0 Å². The highest BCUT2D eigenvalue weighted by atomic mass is 19.1. The molecule has 2 heterocycles. The normalized spacial score (nSPS) is 21.5. The van der Waals surface area contributed by atoms with Gasteiger partial charge in [0, 0.05) is 32.7 Å². The minimum Gasteiger partial charge on any atom is -0.445 e. The summed E-state index contributed by atoms with van der Waals surface area (Å²) in [6.07, 6.45) is 0.869. The maximum atomic E-state index is 14.7. The van der Waals surface area contributed by atoms with E-state index in [4.69, 9.17) is 4.74 Å². The van der Waals surface area contributed by atoms with Crippen molar-refractivity contribution in [2.24, 2.45) is 0 Å². The van der Waals surface area contributed by atoms with Crippen molar-refractivity contribution in [3.63, 3.8) is 0 Å². The Labute approximate surface area is 142 Å². The van der Waals surface area contributed by atoms with Gasteiger partial charge in [0.1, 0.15) is 12.3 Å². The number of piperidine rings is 1. The molecule has 0 aromatic heterocycles. The van der Waals surface area contributed by atoms with Crippen molar-refractivity contribution in [2.45, 2.75) is 25.1 Å². The van der Waals surface area contributed by atoms with Gasteiger partial charge in [-0.25, -0.2) is 9.18 Å². The summed E-state index contributed by atoms with van der Waals surface area (Å²) in [4.78, 5) is 16.0. The highest BCUT2D eigenvalue weighted by molar-refractivity contribution is 5.67. The maximum absolute atomic E-state index is 14.7. The molecular weight excluding hydrogens is 309 g/mol. The van der Waals surface area contributed by atoms with Crippen LogP contribution in [0.1, 0.15) is 18.4 Å². The van der Waals surface area contributed by atoms with Crippen LogP contribution in [0, 0.1) is 0 Å². The number of carbonyl (C=O) groups excluding carboxylic acids is 1. The van der Waals surface area contributed by atoms with Gasteiger partial charge in [0.05, 0.1) is 0 Å². The van der Waals surface area contributed by atoms with Gasteiger partial charge >= 0.3 is 6.09 Å². The molecular formula is C18H26FN3O2. The Balaban J connectivity index is 1.40. The monoisotopic (exact) mass is 335 g/mol. The zero-order chi connectivity index (χ0) is 16.8. The summed E-state index contributed by atoms with van der Waals surface area (Å²) >= 11 is 0. The van der Waals surface area contributed by atoms with Crippen LogP contribution >= 0.6 is 0 Å². The molecule has 24 heavy (non-hydrogen) atoms. The second kappa shape index (κ2) is 7.94. The van der Waals surface area contributed by atoms with Crippen LogP contribution in [0.5, 0.6) is 0 Å². The molecule has 0 atom stereocenters. The van der Waals surface area contributed by atoms with Gasteiger partial charge in [-0.3, -0.25) is 4.90 Å². The van der Waals surface area contributed by atoms with Gasteiger partial charge in [-0.1, -0.05) is 30.3 Å². The summed E-state index contributed by atoms with van der Waals surface area (Å²) in [6, 6.07) is 9.66. The predicted octanol–water partition coefficient (Wildman–Crippen LogP) is 2.03. The lowest BCUT2D eigenvalue weighted by Gasteiger charge is -2.39. The number of alkyl halides is 1. The molecule has 2 fully saturated rings. The van der Waals surface area contributed by atoms with E-state index in [2.05, 4.69) is 10.2 Å². The molecule has 0 bridgehead atoms. The van der Waals surface area contributed by atoms with Crippen LogP contribution in [0.15, 0.2) is 30.3 Å². The Morgan fingerprint density at radius 2 is 1.79 bits per heavy atom. The number of halogens is 1. The smallest absolute Gasteiger partial charge is 0.410 e. The van der Waals surface area contributed by atoms with Crippen LogP contribution in [0.2, 0.25) is 0 Å². The van der Waals surface area contributed by atoms with Gasteiger partial charge in [0.15, 0.2) is 0 Å². The van der Waals surface area contributed by atoms with E-state index in [-0.39, 0.29) is 6.09 Å². The number of piperazine rings is 1. The molecule has 6 heteroatoms. The molecule has 2 aliphatic rings. The number of ether oxygens (including phenoxy) is 1. The van der Waals surface area contributed by atoms with Crippen molar-refractivity contribution in [1.82, 2.24) is 15.1 Å². The predicted molar refractivity (Wildman–Crippen MR) is 90.6 cm³/mol. The van der Waals surface area contributed by atoms with Crippen molar-refractivity contribution in [2.75, 3.05) is 45.8 Å². The fourth-order valence-corrected chi connectivity index (χ4v) is 3.33. The zero-order valence-corrected chi connectivity index (χ0v) is 14.0. The van der Waals surface area contributed by atoms with Gasteiger partial charge in [-0.15, -0.1) is 0 Å².